The molecule has 6 nitrogen and oxygen atoms in total. The van der Waals surface area contributed by atoms with Crippen LogP contribution in [0.1, 0.15) is 15.9 Å². The van der Waals surface area contributed by atoms with Crippen molar-refractivity contribution in [1.29, 1.82) is 0 Å². The molecule has 0 saturated carbocycles. The second kappa shape index (κ2) is 8.64. The first kappa shape index (κ1) is 20.0. The van der Waals surface area contributed by atoms with E-state index < -0.39 is 0 Å². The van der Waals surface area contributed by atoms with Gasteiger partial charge >= 0.3 is 6.01 Å². The zero-order valence-corrected chi connectivity index (χ0v) is 18.1. The van der Waals surface area contributed by atoms with Gasteiger partial charge in [-0.05, 0) is 69.9 Å². The van der Waals surface area contributed by atoms with Crippen LogP contribution < -0.4 is 9.64 Å². The van der Waals surface area contributed by atoms with Crippen molar-refractivity contribution in [2.45, 2.75) is 6.54 Å². The molecule has 0 N–H and O–H groups in total. The fourth-order valence-electron chi connectivity index (χ4n) is 3.42. The Morgan fingerprint density at radius 1 is 1.09 bits per heavy atom. The quantitative estimate of drug-likeness (QED) is 0.333. The fourth-order valence-corrected chi connectivity index (χ4v) is 4.09. The minimum Gasteiger partial charge on any atom is -0.497 e. The number of hydrogen-bond acceptors (Lipinski definition) is 6. The molecule has 0 fully saturated rings. The summed E-state index contributed by atoms with van der Waals surface area (Å²) >= 11 is 1.64. The number of ether oxygens (including phenoxy) is 1. The average molecular weight is 442 g/mol. The Labute approximate surface area is 188 Å². The highest BCUT2D eigenvalue weighted by molar-refractivity contribution is 7.08. The van der Waals surface area contributed by atoms with Crippen molar-refractivity contribution in [3.8, 4) is 16.9 Å². The van der Waals surface area contributed by atoms with Gasteiger partial charge in [0.15, 0.2) is 5.58 Å². The molecule has 2 aromatic carbocycles. The summed E-state index contributed by atoms with van der Waals surface area (Å²) in [4.78, 5) is 23.6. The Hall–Kier alpha value is -3.97. The SMILES string of the molecule is COc1ccc(CN(C(=O)c2cccnc2)c2nc3cc(-c4ccsc4)ccc3o2)cc1. The molecule has 0 aliphatic rings. The molecule has 0 aliphatic heterocycles. The highest BCUT2D eigenvalue weighted by Crippen LogP contribution is 2.30. The number of carbonyl (C=O) groups excluding carboxylic acids is 1. The minimum atomic E-state index is -0.237. The minimum absolute atomic E-state index is 0.237. The van der Waals surface area contributed by atoms with Crippen LogP contribution in [0.2, 0.25) is 0 Å². The molecule has 0 radical (unpaired) electrons. The lowest BCUT2D eigenvalue weighted by Crippen LogP contribution is -2.30. The average Bonchev–Trinajstić information content (AvgIpc) is 3.52. The van der Waals surface area contributed by atoms with Gasteiger partial charge in [0.05, 0.1) is 19.2 Å². The summed E-state index contributed by atoms with van der Waals surface area (Å²) in [5.74, 6) is 0.514. The lowest BCUT2D eigenvalue weighted by Gasteiger charge is -2.19. The van der Waals surface area contributed by atoms with Gasteiger partial charge in [0.1, 0.15) is 11.3 Å². The van der Waals surface area contributed by atoms with E-state index in [0.717, 1.165) is 22.4 Å². The number of methoxy groups -OCH3 is 1. The number of thiophene rings is 1. The van der Waals surface area contributed by atoms with Gasteiger partial charge in [-0.25, -0.2) is 0 Å². The van der Waals surface area contributed by atoms with Gasteiger partial charge < -0.3 is 9.15 Å². The summed E-state index contributed by atoms with van der Waals surface area (Å²) in [6.07, 6.45) is 3.18. The Morgan fingerprint density at radius 3 is 2.69 bits per heavy atom. The van der Waals surface area contributed by atoms with Crippen LogP contribution in [0.25, 0.3) is 22.2 Å². The van der Waals surface area contributed by atoms with E-state index in [0.29, 0.717) is 23.2 Å². The van der Waals surface area contributed by atoms with Crippen molar-refractivity contribution >= 4 is 34.4 Å². The third-order valence-electron chi connectivity index (χ3n) is 5.12. The molecule has 0 atom stereocenters. The van der Waals surface area contributed by atoms with Crippen LogP contribution in [0.15, 0.2) is 88.2 Å². The van der Waals surface area contributed by atoms with Gasteiger partial charge in [0, 0.05) is 12.4 Å². The van der Waals surface area contributed by atoms with E-state index in [-0.39, 0.29) is 11.9 Å². The number of aromatic nitrogens is 2. The van der Waals surface area contributed by atoms with Crippen molar-refractivity contribution < 1.29 is 13.9 Å². The molecule has 7 heteroatoms. The number of hydrogen-bond donors (Lipinski definition) is 0. The van der Waals surface area contributed by atoms with Gasteiger partial charge in [-0.2, -0.15) is 16.3 Å². The highest BCUT2D eigenvalue weighted by atomic mass is 32.1. The van der Waals surface area contributed by atoms with Crippen molar-refractivity contribution in [2.24, 2.45) is 0 Å². The predicted octanol–water partition coefficient (Wildman–Crippen LogP) is 5.81. The van der Waals surface area contributed by atoms with Crippen LogP contribution >= 0.6 is 11.3 Å². The Balaban J connectivity index is 1.54. The molecule has 158 valence electrons. The van der Waals surface area contributed by atoms with E-state index in [1.54, 1.807) is 43.0 Å². The van der Waals surface area contributed by atoms with Gasteiger partial charge in [0.2, 0.25) is 0 Å². The first-order valence-electron chi connectivity index (χ1n) is 9.99. The number of anilines is 1. The Morgan fingerprint density at radius 2 is 1.97 bits per heavy atom. The third-order valence-corrected chi connectivity index (χ3v) is 5.80. The summed E-state index contributed by atoms with van der Waals surface area (Å²) in [7, 11) is 1.62. The van der Waals surface area contributed by atoms with Crippen LogP contribution in [-0.4, -0.2) is 23.0 Å². The van der Waals surface area contributed by atoms with Gasteiger partial charge in [0.25, 0.3) is 5.91 Å². The molecule has 0 unspecified atom stereocenters. The molecule has 1 amide bonds. The molecule has 0 saturated heterocycles. The predicted molar refractivity (Wildman–Crippen MR) is 125 cm³/mol. The van der Waals surface area contributed by atoms with Crippen LogP contribution in [0, 0.1) is 0 Å². The van der Waals surface area contributed by atoms with E-state index in [1.807, 2.05) is 47.8 Å². The summed E-state index contributed by atoms with van der Waals surface area (Å²) in [5, 5.41) is 4.13. The van der Waals surface area contributed by atoms with Gasteiger partial charge in [-0.3, -0.25) is 14.7 Å². The number of benzene rings is 2. The number of pyridine rings is 1. The second-order valence-corrected chi connectivity index (χ2v) is 7.95. The number of rotatable bonds is 6. The van der Waals surface area contributed by atoms with Crippen molar-refractivity contribution in [3.05, 3.63) is 94.9 Å². The smallest absolute Gasteiger partial charge is 0.305 e. The van der Waals surface area contributed by atoms with Crippen molar-refractivity contribution in [1.82, 2.24) is 9.97 Å². The van der Waals surface area contributed by atoms with Crippen LogP contribution in [0.4, 0.5) is 6.01 Å². The lowest BCUT2D eigenvalue weighted by molar-refractivity contribution is 0.0979. The van der Waals surface area contributed by atoms with E-state index in [1.165, 1.54) is 4.90 Å². The molecule has 32 heavy (non-hydrogen) atoms. The molecule has 3 aromatic heterocycles. The van der Waals surface area contributed by atoms with E-state index in [2.05, 4.69) is 21.4 Å². The Kier molecular flexibility index (Phi) is 5.39. The largest absolute Gasteiger partial charge is 0.497 e. The van der Waals surface area contributed by atoms with E-state index in [4.69, 9.17) is 9.15 Å². The maximum Gasteiger partial charge on any atom is 0.305 e. The van der Waals surface area contributed by atoms with E-state index in [9.17, 15) is 4.79 Å². The first-order valence-corrected chi connectivity index (χ1v) is 10.9. The van der Waals surface area contributed by atoms with Crippen LogP contribution in [-0.2, 0) is 6.54 Å². The molecule has 5 aromatic rings. The van der Waals surface area contributed by atoms with Crippen LogP contribution in [0.3, 0.4) is 0 Å². The second-order valence-electron chi connectivity index (χ2n) is 7.17. The number of carbonyl (C=O) groups is 1. The van der Waals surface area contributed by atoms with Gasteiger partial charge in [-0.1, -0.05) is 18.2 Å². The number of oxazole rings is 1. The molecular weight excluding hydrogens is 422 g/mol. The topological polar surface area (TPSA) is 68.5 Å². The summed E-state index contributed by atoms with van der Waals surface area (Å²) in [6, 6.07) is 19.2. The fraction of sp³-hybridized carbons (Fsp3) is 0.0800. The molecule has 5 rings (SSSR count). The lowest BCUT2D eigenvalue weighted by atomic mass is 10.1. The Bertz CT molecular complexity index is 1350. The molecule has 3 heterocycles. The normalized spacial score (nSPS) is 10.9. The van der Waals surface area contributed by atoms with Gasteiger partial charge in [-0.15, -0.1) is 0 Å². The van der Waals surface area contributed by atoms with Crippen molar-refractivity contribution in [3.63, 3.8) is 0 Å². The molecule has 0 bridgehead atoms. The maximum atomic E-state index is 13.4. The maximum absolute atomic E-state index is 13.4. The first-order chi connectivity index (χ1) is 15.7. The zero-order valence-electron chi connectivity index (χ0n) is 17.3. The van der Waals surface area contributed by atoms with E-state index >= 15 is 0 Å². The summed E-state index contributed by atoms with van der Waals surface area (Å²) in [6.45, 7) is 0.294. The standard InChI is InChI=1S/C25H19N3O3S/c1-30-21-7-4-17(5-8-21)15-28(24(29)19-3-2-11-26-14-19)25-27-22-13-18(6-9-23(22)31-25)20-10-12-32-16-20/h2-14,16H,15H2,1H3. The highest BCUT2D eigenvalue weighted by Gasteiger charge is 2.23. The summed E-state index contributed by atoms with van der Waals surface area (Å²) < 4.78 is 11.3. The molecular formula is C25H19N3O3S. The number of amides is 1. The van der Waals surface area contributed by atoms with Crippen LogP contribution in [0.5, 0.6) is 5.75 Å². The molecule has 0 spiro atoms. The van der Waals surface area contributed by atoms with Crippen molar-refractivity contribution in [2.75, 3.05) is 12.0 Å². The molecule has 0 aliphatic carbocycles. The zero-order chi connectivity index (χ0) is 21.9. The number of nitrogens with zero attached hydrogens (tertiary/aromatic N) is 3. The summed E-state index contributed by atoms with van der Waals surface area (Å²) in [5.41, 5.74) is 4.88. The monoisotopic (exact) mass is 441 g/mol. The number of fused-ring (bicyclic) bond motifs is 1. The third kappa shape index (κ3) is 3.98.